The first-order valence-corrected chi connectivity index (χ1v) is 24.8. The maximum Gasteiger partial charge on any atom is 0.390 e. The summed E-state index contributed by atoms with van der Waals surface area (Å²) in [7, 11) is 0. The van der Waals surface area contributed by atoms with Gasteiger partial charge in [-0.3, -0.25) is 0 Å². The maximum atomic E-state index is 17.5. The Balaban J connectivity index is 1.18. The summed E-state index contributed by atoms with van der Waals surface area (Å²) < 4.78 is 74.8. The molecule has 0 spiro atoms. The number of ether oxygens (including phenoxy) is 1. The number of hydrogen-bond donors (Lipinski definition) is 0. The van der Waals surface area contributed by atoms with E-state index in [9.17, 15) is 10.5 Å². The summed E-state index contributed by atoms with van der Waals surface area (Å²) in [6.45, 7) is 10.3. The minimum Gasteiger partial charge on any atom is -0.308 e. The third-order valence-electron chi connectivity index (χ3n) is 15.7. The molecule has 0 radical (unpaired) electrons. The van der Waals surface area contributed by atoms with Crippen LogP contribution >= 0.6 is 0 Å². The molecule has 0 aromatic heterocycles. The Morgan fingerprint density at radius 2 is 0.811 bits per heavy atom. The zero-order valence-electron chi connectivity index (χ0n) is 41.3. The van der Waals surface area contributed by atoms with Crippen molar-refractivity contribution < 1.29 is 22.3 Å². The number of rotatable bonds is 6. The Hall–Kier alpha value is -8.50. The van der Waals surface area contributed by atoms with E-state index in [1.54, 1.807) is 18.2 Å². The third kappa shape index (κ3) is 6.98. The quantitative estimate of drug-likeness (QED) is 0.155. The zero-order chi connectivity index (χ0) is 51.5. The van der Waals surface area contributed by atoms with E-state index in [0.29, 0.717) is 45.0 Å². The van der Waals surface area contributed by atoms with E-state index in [2.05, 4.69) is 45.1 Å². The first-order valence-electron chi connectivity index (χ1n) is 24.8. The number of allylic oxidation sites excluding steroid dienone is 4. The van der Waals surface area contributed by atoms with Crippen LogP contribution in [0.4, 0.5) is 51.7 Å². The fraction of sp³-hybridized carbons (Fsp3) is 0.169. The van der Waals surface area contributed by atoms with Gasteiger partial charge in [-0.15, -0.1) is 0 Å². The summed E-state index contributed by atoms with van der Waals surface area (Å²) in [5.74, 6) is 0.181. The molecule has 12 rings (SSSR count). The molecule has 9 heteroatoms. The molecule has 8 aromatic rings. The van der Waals surface area contributed by atoms with Crippen molar-refractivity contribution in [3.8, 4) is 45.5 Å². The van der Waals surface area contributed by atoms with Gasteiger partial charge < -0.3 is 9.80 Å². The molecule has 0 saturated carbocycles. The molecule has 5 nitrogen and oxygen atoms in total. The minimum atomic E-state index is -4.66. The number of benzene rings is 8. The highest BCUT2D eigenvalue weighted by molar-refractivity contribution is 5.99. The molecule has 8 aromatic carbocycles. The van der Waals surface area contributed by atoms with Crippen LogP contribution in [0.3, 0.4) is 0 Å². The van der Waals surface area contributed by atoms with E-state index in [0.717, 1.165) is 50.9 Å². The third-order valence-corrected chi connectivity index (χ3v) is 15.7. The second kappa shape index (κ2) is 16.8. The van der Waals surface area contributed by atoms with Crippen molar-refractivity contribution in [1.82, 2.24) is 0 Å². The van der Waals surface area contributed by atoms with E-state index in [-0.39, 0.29) is 5.92 Å². The highest BCUT2D eigenvalue weighted by Gasteiger charge is 2.63. The van der Waals surface area contributed by atoms with Gasteiger partial charge in [0.2, 0.25) is 0 Å². The average molecular weight is 977 g/mol. The van der Waals surface area contributed by atoms with Gasteiger partial charge in [0, 0.05) is 10.8 Å². The van der Waals surface area contributed by atoms with E-state index >= 15 is 17.6 Å². The Bertz CT molecular complexity index is 3700. The molecular formula is C65H48F4N4O. The second-order valence-corrected chi connectivity index (χ2v) is 20.7. The van der Waals surface area contributed by atoms with Crippen LogP contribution in [0.1, 0.15) is 91.1 Å². The van der Waals surface area contributed by atoms with Crippen molar-refractivity contribution in [2.45, 2.75) is 64.1 Å². The summed E-state index contributed by atoms with van der Waals surface area (Å²) in [5.41, 5.74) is 5.54. The maximum absolute atomic E-state index is 17.5. The van der Waals surface area contributed by atoms with Crippen LogP contribution in [-0.2, 0) is 27.8 Å². The van der Waals surface area contributed by atoms with Crippen LogP contribution in [0.15, 0.2) is 182 Å². The van der Waals surface area contributed by atoms with Gasteiger partial charge in [-0.2, -0.15) is 28.1 Å². The molecule has 0 saturated heterocycles. The minimum absolute atomic E-state index is 0.181. The molecule has 1 aliphatic carbocycles. The number of nitrogens with zero attached hydrogens (tertiary/aromatic N) is 4. The van der Waals surface area contributed by atoms with Gasteiger partial charge in [-0.1, -0.05) is 168 Å². The lowest BCUT2D eigenvalue weighted by Crippen LogP contribution is -2.34. The molecule has 0 amide bonds. The summed E-state index contributed by atoms with van der Waals surface area (Å²) in [5, 5.41) is 23.2. The van der Waals surface area contributed by atoms with E-state index < -0.39 is 56.7 Å². The normalized spacial score (nSPS) is 17.9. The molecule has 362 valence electrons. The van der Waals surface area contributed by atoms with Crippen molar-refractivity contribution >= 4 is 39.7 Å². The predicted octanol–water partition coefficient (Wildman–Crippen LogP) is 17.8. The van der Waals surface area contributed by atoms with Gasteiger partial charge in [0.25, 0.3) is 0 Å². The Morgan fingerprint density at radius 1 is 0.473 bits per heavy atom. The Labute approximate surface area is 428 Å². The van der Waals surface area contributed by atoms with Crippen LogP contribution in [0.2, 0.25) is 0 Å². The monoisotopic (exact) mass is 976 g/mol. The Morgan fingerprint density at radius 3 is 1.15 bits per heavy atom. The van der Waals surface area contributed by atoms with Crippen LogP contribution in [0.25, 0.3) is 39.0 Å². The van der Waals surface area contributed by atoms with Gasteiger partial charge >= 0.3 is 12.2 Å². The first-order chi connectivity index (χ1) is 35.5. The number of fused-ring (bicyclic) bond motifs is 5. The standard InChI is InChI=1S/C65H48F4N4O/c1-39-17-15-16-24-47(39)46-28-32-57-53(36-46)63(4,5)52-35-45(42-22-13-8-14-23-42)27-31-56(52)73(57)61-49(38-71)48(37-70)60(58-59(61)65(68,69)74-64(58,66)67)72-54-29-25-43(40-18-9-6-10-19-40)33-50(54)62(2,3)51-34-44(26-30-55(51)72)41-20-11-7-12-21-41/h6-16,18-36,39H,17H2,1-5H3. The molecule has 74 heavy (non-hydrogen) atoms. The number of nitriles is 2. The van der Waals surface area contributed by atoms with Crippen molar-refractivity contribution in [1.29, 1.82) is 10.5 Å². The van der Waals surface area contributed by atoms with E-state index in [4.69, 9.17) is 4.74 Å². The predicted molar refractivity (Wildman–Crippen MR) is 286 cm³/mol. The molecule has 0 bridgehead atoms. The van der Waals surface area contributed by atoms with E-state index in [1.165, 1.54) is 9.80 Å². The highest BCUT2D eigenvalue weighted by atomic mass is 19.3. The van der Waals surface area contributed by atoms with Crippen molar-refractivity contribution in [2.24, 2.45) is 5.92 Å². The molecule has 3 heterocycles. The molecular weight excluding hydrogens is 929 g/mol. The molecule has 0 N–H and O–H groups in total. The number of hydrogen-bond acceptors (Lipinski definition) is 5. The summed E-state index contributed by atoms with van der Waals surface area (Å²) in [4.78, 5) is 2.97. The smallest absolute Gasteiger partial charge is 0.308 e. The number of halogens is 4. The summed E-state index contributed by atoms with van der Waals surface area (Å²) >= 11 is 0. The topological polar surface area (TPSA) is 63.3 Å². The fourth-order valence-electron chi connectivity index (χ4n) is 11.9. The van der Waals surface area contributed by atoms with Gasteiger partial charge in [0.15, 0.2) is 0 Å². The highest BCUT2D eigenvalue weighted by Crippen LogP contribution is 2.65. The summed E-state index contributed by atoms with van der Waals surface area (Å²) in [6, 6.07) is 56.2. The van der Waals surface area contributed by atoms with E-state index in [1.807, 2.05) is 166 Å². The van der Waals surface area contributed by atoms with Crippen molar-refractivity contribution in [2.75, 3.05) is 9.80 Å². The van der Waals surface area contributed by atoms with Crippen LogP contribution in [0.5, 0.6) is 0 Å². The SMILES string of the molecule is CC1CC=CC=C1c1ccc2c(c1)C(C)(C)c1cc(-c3ccccc3)ccc1N2c1c(C#N)c(C#N)c(N2c3ccc(-c4ccccc4)cc3C(C)(C)c3cc(-c4ccccc4)ccc32)c2c1C(F)(F)OC2(F)F. The van der Waals surface area contributed by atoms with Gasteiger partial charge in [-0.25, -0.2) is 4.74 Å². The largest absolute Gasteiger partial charge is 0.390 e. The van der Waals surface area contributed by atoms with Crippen LogP contribution in [-0.4, -0.2) is 0 Å². The van der Waals surface area contributed by atoms with Crippen molar-refractivity contribution in [3.63, 3.8) is 0 Å². The Kier molecular flexibility index (Phi) is 10.6. The zero-order valence-corrected chi connectivity index (χ0v) is 41.3. The second-order valence-electron chi connectivity index (χ2n) is 20.7. The lowest BCUT2D eigenvalue weighted by molar-refractivity contribution is -0.369. The van der Waals surface area contributed by atoms with Gasteiger partial charge in [0.05, 0.1) is 56.4 Å². The van der Waals surface area contributed by atoms with Gasteiger partial charge in [0.1, 0.15) is 12.1 Å². The van der Waals surface area contributed by atoms with Gasteiger partial charge in [-0.05, 0) is 128 Å². The fourth-order valence-corrected chi connectivity index (χ4v) is 11.9. The van der Waals surface area contributed by atoms with Crippen molar-refractivity contribution in [3.05, 3.63) is 232 Å². The van der Waals surface area contributed by atoms with Crippen LogP contribution in [0, 0.1) is 28.6 Å². The molecule has 3 aliphatic heterocycles. The molecule has 4 aliphatic rings. The number of anilines is 6. The lowest BCUT2D eigenvalue weighted by Gasteiger charge is -2.45. The summed E-state index contributed by atoms with van der Waals surface area (Å²) in [6.07, 6.45) is -2.28. The lowest BCUT2D eigenvalue weighted by atomic mass is 9.71. The average Bonchev–Trinajstić information content (AvgIpc) is 3.65. The molecule has 1 unspecified atom stereocenters. The van der Waals surface area contributed by atoms with Crippen LogP contribution < -0.4 is 9.80 Å². The number of alkyl halides is 4. The first kappa shape index (κ1) is 46.6. The molecule has 1 atom stereocenters. The molecule has 0 fully saturated rings.